The molecule has 0 saturated carbocycles. The van der Waals surface area contributed by atoms with Crippen LogP contribution in [0.2, 0.25) is 5.02 Å². The van der Waals surface area contributed by atoms with Crippen LogP contribution in [0.4, 0.5) is 21.8 Å². The largest absolute Gasteiger partial charge is 0.357 e. The van der Waals surface area contributed by atoms with Crippen molar-refractivity contribution in [3.8, 4) is 11.3 Å². The van der Waals surface area contributed by atoms with E-state index < -0.39 is 5.82 Å². The molecule has 0 fully saturated rings. The van der Waals surface area contributed by atoms with Gasteiger partial charge >= 0.3 is 0 Å². The molecule has 0 radical (unpaired) electrons. The number of rotatable bonds is 4. The summed E-state index contributed by atoms with van der Waals surface area (Å²) in [5, 5.41) is 6.08. The van der Waals surface area contributed by atoms with Crippen LogP contribution in [0.25, 0.3) is 11.3 Å². The first-order chi connectivity index (χ1) is 11.2. The van der Waals surface area contributed by atoms with Gasteiger partial charge < -0.3 is 10.6 Å². The van der Waals surface area contributed by atoms with E-state index in [4.69, 9.17) is 11.6 Å². The minimum Gasteiger partial charge on any atom is -0.357 e. The van der Waals surface area contributed by atoms with Crippen molar-refractivity contribution < 1.29 is 4.39 Å². The Hall–Kier alpha value is -2.73. The SMILES string of the molecule is CNc1nc(Nc2c(F)cccc2Cl)cc(-c2ccncc2)n1. The van der Waals surface area contributed by atoms with E-state index in [9.17, 15) is 4.39 Å². The van der Waals surface area contributed by atoms with Crippen molar-refractivity contribution in [1.82, 2.24) is 15.0 Å². The summed E-state index contributed by atoms with van der Waals surface area (Å²) in [6.45, 7) is 0. The maximum absolute atomic E-state index is 13.9. The number of para-hydroxylation sites is 1. The molecule has 0 atom stereocenters. The first kappa shape index (κ1) is 15.2. The van der Waals surface area contributed by atoms with E-state index in [2.05, 4.69) is 25.6 Å². The number of hydrogen-bond acceptors (Lipinski definition) is 5. The van der Waals surface area contributed by atoms with E-state index in [-0.39, 0.29) is 10.7 Å². The molecular weight excluding hydrogens is 317 g/mol. The highest BCUT2D eigenvalue weighted by molar-refractivity contribution is 6.33. The second-order valence-electron chi connectivity index (χ2n) is 4.67. The van der Waals surface area contributed by atoms with Crippen LogP contribution in [-0.2, 0) is 0 Å². The molecule has 0 aliphatic heterocycles. The van der Waals surface area contributed by atoms with Crippen molar-refractivity contribution in [3.05, 3.63) is 59.6 Å². The van der Waals surface area contributed by atoms with Gasteiger partial charge in [0.05, 0.1) is 16.4 Å². The van der Waals surface area contributed by atoms with E-state index in [1.54, 1.807) is 37.6 Å². The van der Waals surface area contributed by atoms with E-state index in [1.165, 1.54) is 6.07 Å². The van der Waals surface area contributed by atoms with Gasteiger partial charge in [-0.1, -0.05) is 17.7 Å². The summed E-state index contributed by atoms with van der Waals surface area (Å²) in [6.07, 6.45) is 3.36. The third-order valence-electron chi connectivity index (χ3n) is 3.14. The quantitative estimate of drug-likeness (QED) is 0.754. The van der Waals surface area contributed by atoms with E-state index >= 15 is 0 Å². The predicted molar refractivity (Wildman–Crippen MR) is 89.5 cm³/mol. The van der Waals surface area contributed by atoms with Gasteiger partial charge in [0.15, 0.2) is 0 Å². The summed E-state index contributed by atoms with van der Waals surface area (Å²) < 4.78 is 13.9. The van der Waals surface area contributed by atoms with Gasteiger partial charge in [0, 0.05) is 31.1 Å². The van der Waals surface area contributed by atoms with Crippen LogP contribution in [0.5, 0.6) is 0 Å². The first-order valence-corrected chi connectivity index (χ1v) is 7.23. The highest BCUT2D eigenvalue weighted by Crippen LogP contribution is 2.29. The summed E-state index contributed by atoms with van der Waals surface area (Å²) in [6, 6.07) is 9.88. The number of aromatic nitrogens is 3. The molecule has 3 rings (SSSR count). The maximum Gasteiger partial charge on any atom is 0.224 e. The predicted octanol–water partition coefficient (Wildman–Crippen LogP) is 4.12. The zero-order valence-corrected chi connectivity index (χ0v) is 13.0. The van der Waals surface area contributed by atoms with Crippen LogP contribution in [0.1, 0.15) is 0 Å². The molecule has 0 unspecified atom stereocenters. The Balaban J connectivity index is 2.03. The highest BCUT2D eigenvalue weighted by atomic mass is 35.5. The molecule has 0 aliphatic rings. The van der Waals surface area contributed by atoms with Gasteiger partial charge in [0.1, 0.15) is 11.6 Å². The van der Waals surface area contributed by atoms with E-state index in [0.29, 0.717) is 17.5 Å². The Morgan fingerprint density at radius 2 is 1.87 bits per heavy atom. The van der Waals surface area contributed by atoms with Crippen LogP contribution in [0.3, 0.4) is 0 Å². The molecule has 2 heterocycles. The number of benzene rings is 1. The Labute approximate surface area is 137 Å². The Morgan fingerprint density at radius 1 is 1.09 bits per heavy atom. The molecule has 3 aromatic rings. The van der Waals surface area contributed by atoms with Gasteiger partial charge in [-0.2, -0.15) is 4.98 Å². The van der Waals surface area contributed by atoms with Crippen molar-refractivity contribution in [3.63, 3.8) is 0 Å². The maximum atomic E-state index is 13.9. The van der Waals surface area contributed by atoms with Gasteiger partial charge in [-0.3, -0.25) is 4.98 Å². The standard InChI is InChI=1S/C16H13ClFN5/c1-19-16-21-13(10-5-7-20-8-6-10)9-14(23-16)22-15-11(17)3-2-4-12(15)18/h2-9H,1H3,(H2,19,21,22,23). The summed E-state index contributed by atoms with van der Waals surface area (Å²) in [5.74, 6) is 0.394. The highest BCUT2D eigenvalue weighted by Gasteiger charge is 2.11. The average molecular weight is 330 g/mol. The lowest BCUT2D eigenvalue weighted by Crippen LogP contribution is -2.03. The molecule has 0 saturated heterocycles. The fourth-order valence-corrected chi connectivity index (χ4v) is 2.25. The lowest BCUT2D eigenvalue weighted by molar-refractivity contribution is 0.632. The number of hydrogen-bond donors (Lipinski definition) is 2. The molecule has 116 valence electrons. The third kappa shape index (κ3) is 3.37. The summed E-state index contributed by atoms with van der Waals surface area (Å²) >= 11 is 6.04. The van der Waals surface area contributed by atoms with Crippen molar-refractivity contribution in [2.45, 2.75) is 0 Å². The van der Waals surface area contributed by atoms with Crippen LogP contribution >= 0.6 is 11.6 Å². The lowest BCUT2D eigenvalue weighted by Gasteiger charge is -2.11. The third-order valence-corrected chi connectivity index (χ3v) is 3.46. The Bertz CT molecular complexity index is 806. The molecule has 7 heteroatoms. The van der Waals surface area contributed by atoms with Crippen molar-refractivity contribution in [1.29, 1.82) is 0 Å². The van der Waals surface area contributed by atoms with Crippen LogP contribution in [0.15, 0.2) is 48.8 Å². The van der Waals surface area contributed by atoms with Crippen molar-refractivity contribution in [2.24, 2.45) is 0 Å². The minimum absolute atomic E-state index is 0.176. The molecule has 1 aromatic carbocycles. The number of anilines is 3. The van der Waals surface area contributed by atoms with E-state index in [0.717, 1.165) is 5.56 Å². The number of nitrogens with one attached hydrogen (secondary N) is 2. The van der Waals surface area contributed by atoms with Gasteiger partial charge in [0.2, 0.25) is 5.95 Å². The smallest absolute Gasteiger partial charge is 0.224 e. The molecule has 0 bridgehead atoms. The molecule has 0 amide bonds. The van der Waals surface area contributed by atoms with Gasteiger partial charge in [0.25, 0.3) is 0 Å². The lowest BCUT2D eigenvalue weighted by atomic mass is 10.2. The summed E-state index contributed by atoms with van der Waals surface area (Å²) in [7, 11) is 1.71. The van der Waals surface area contributed by atoms with Crippen LogP contribution < -0.4 is 10.6 Å². The Kier molecular flexibility index (Phi) is 4.34. The number of halogens is 2. The fourth-order valence-electron chi connectivity index (χ4n) is 2.04. The summed E-state index contributed by atoms with van der Waals surface area (Å²) in [4.78, 5) is 12.7. The minimum atomic E-state index is -0.451. The fraction of sp³-hybridized carbons (Fsp3) is 0.0625. The van der Waals surface area contributed by atoms with E-state index in [1.807, 2.05) is 12.1 Å². The molecular formula is C16H13ClFN5. The van der Waals surface area contributed by atoms with Gasteiger partial charge in [-0.25, -0.2) is 9.37 Å². The molecule has 23 heavy (non-hydrogen) atoms. The first-order valence-electron chi connectivity index (χ1n) is 6.85. The molecule has 5 nitrogen and oxygen atoms in total. The second-order valence-corrected chi connectivity index (χ2v) is 5.08. The van der Waals surface area contributed by atoms with Gasteiger partial charge in [-0.05, 0) is 24.3 Å². The molecule has 0 spiro atoms. The average Bonchev–Trinajstić information content (AvgIpc) is 2.59. The molecule has 0 aliphatic carbocycles. The van der Waals surface area contributed by atoms with Crippen LogP contribution in [-0.4, -0.2) is 22.0 Å². The monoisotopic (exact) mass is 329 g/mol. The zero-order chi connectivity index (χ0) is 16.2. The topological polar surface area (TPSA) is 62.7 Å². The van der Waals surface area contributed by atoms with Crippen molar-refractivity contribution >= 4 is 29.1 Å². The molecule has 2 aromatic heterocycles. The Morgan fingerprint density at radius 3 is 2.57 bits per heavy atom. The number of nitrogens with zero attached hydrogens (tertiary/aromatic N) is 3. The van der Waals surface area contributed by atoms with Crippen molar-refractivity contribution in [2.75, 3.05) is 17.7 Å². The van der Waals surface area contributed by atoms with Gasteiger partial charge in [-0.15, -0.1) is 0 Å². The second kappa shape index (κ2) is 6.58. The zero-order valence-electron chi connectivity index (χ0n) is 12.2. The normalized spacial score (nSPS) is 10.4. The summed E-state index contributed by atoms with van der Waals surface area (Å²) in [5.41, 5.74) is 1.74. The number of pyridine rings is 1. The molecule has 2 N–H and O–H groups in total. The van der Waals surface area contributed by atoms with Crippen LogP contribution in [0, 0.1) is 5.82 Å².